The molecule has 2 unspecified atom stereocenters. The summed E-state index contributed by atoms with van der Waals surface area (Å²) in [5, 5.41) is 0. The predicted octanol–water partition coefficient (Wildman–Crippen LogP) is 2.10. The molecule has 1 fully saturated rings. The van der Waals surface area contributed by atoms with E-state index in [9.17, 15) is 4.79 Å². The molecule has 0 aromatic heterocycles. The van der Waals surface area contributed by atoms with E-state index in [1.165, 1.54) is 11.1 Å². The SMILES string of the molecule is CC(C)=C1C2C=CC(=O)CC12. The molecule has 1 heteroatoms. The van der Waals surface area contributed by atoms with Crippen molar-refractivity contribution in [3.8, 4) is 0 Å². The highest BCUT2D eigenvalue weighted by molar-refractivity contribution is 5.92. The van der Waals surface area contributed by atoms with E-state index >= 15 is 0 Å². The largest absolute Gasteiger partial charge is 0.295 e. The third kappa shape index (κ3) is 0.953. The summed E-state index contributed by atoms with van der Waals surface area (Å²) in [6.45, 7) is 4.26. The van der Waals surface area contributed by atoms with Gasteiger partial charge in [0.25, 0.3) is 0 Å². The first-order valence-corrected chi connectivity index (χ1v) is 4.08. The minimum Gasteiger partial charge on any atom is -0.295 e. The second kappa shape index (κ2) is 2.07. The summed E-state index contributed by atoms with van der Waals surface area (Å²) in [5.74, 6) is 1.50. The second-order valence-corrected chi connectivity index (χ2v) is 3.62. The molecule has 2 rings (SSSR count). The van der Waals surface area contributed by atoms with Crippen LogP contribution in [-0.4, -0.2) is 5.78 Å². The van der Waals surface area contributed by atoms with E-state index in [0.717, 1.165) is 6.42 Å². The van der Waals surface area contributed by atoms with E-state index < -0.39 is 0 Å². The summed E-state index contributed by atoms with van der Waals surface area (Å²) in [4.78, 5) is 11.0. The molecule has 0 N–H and O–H groups in total. The number of carbonyl (C=O) groups is 1. The normalized spacial score (nSPS) is 33.6. The zero-order valence-corrected chi connectivity index (χ0v) is 6.92. The zero-order chi connectivity index (χ0) is 8.01. The minimum absolute atomic E-state index is 0.294. The maximum Gasteiger partial charge on any atom is 0.156 e. The first-order chi connectivity index (χ1) is 5.20. The van der Waals surface area contributed by atoms with Crippen LogP contribution >= 0.6 is 0 Å². The number of ketones is 1. The lowest BCUT2D eigenvalue weighted by molar-refractivity contribution is -0.115. The Morgan fingerprint density at radius 1 is 1.55 bits per heavy atom. The van der Waals surface area contributed by atoms with Gasteiger partial charge in [-0.2, -0.15) is 0 Å². The van der Waals surface area contributed by atoms with Gasteiger partial charge < -0.3 is 0 Å². The smallest absolute Gasteiger partial charge is 0.156 e. The molecule has 1 nitrogen and oxygen atoms in total. The lowest BCUT2D eigenvalue weighted by Crippen LogP contribution is -1.99. The molecule has 11 heavy (non-hydrogen) atoms. The quantitative estimate of drug-likeness (QED) is 0.481. The van der Waals surface area contributed by atoms with E-state index in [2.05, 4.69) is 19.9 Å². The maximum absolute atomic E-state index is 11.0. The van der Waals surface area contributed by atoms with Crippen LogP contribution in [0.4, 0.5) is 0 Å². The van der Waals surface area contributed by atoms with Gasteiger partial charge in [-0.15, -0.1) is 0 Å². The van der Waals surface area contributed by atoms with Crippen molar-refractivity contribution in [2.24, 2.45) is 11.8 Å². The summed E-state index contributed by atoms with van der Waals surface area (Å²) in [6.07, 6.45) is 4.54. The van der Waals surface area contributed by atoms with Crippen LogP contribution < -0.4 is 0 Å². The van der Waals surface area contributed by atoms with Crippen molar-refractivity contribution in [2.75, 3.05) is 0 Å². The Morgan fingerprint density at radius 3 is 2.82 bits per heavy atom. The molecule has 0 saturated heterocycles. The summed E-state index contributed by atoms with van der Waals surface area (Å²) >= 11 is 0. The highest BCUT2D eigenvalue weighted by atomic mass is 16.1. The van der Waals surface area contributed by atoms with E-state index in [-0.39, 0.29) is 0 Å². The molecule has 0 bridgehead atoms. The molecular weight excluding hydrogens is 136 g/mol. The van der Waals surface area contributed by atoms with Gasteiger partial charge in [0.05, 0.1) is 0 Å². The van der Waals surface area contributed by atoms with E-state index in [1.54, 1.807) is 6.08 Å². The number of carbonyl (C=O) groups excluding carboxylic acids is 1. The molecule has 0 amide bonds. The van der Waals surface area contributed by atoms with Crippen molar-refractivity contribution < 1.29 is 4.79 Å². The molecule has 0 spiro atoms. The van der Waals surface area contributed by atoms with Gasteiger partial charge in [-0.3, -0.25) is 4.79 Å². The van der Waals surface area contributed by atoms with Crippen LogP contribution in [0.2, 0.25) is 0 Å². The van der Waals surface area contributed by atoms with Gasteiger partial charge in [0.2, 0.25) is 0 Å². The highest BCUT2D eigenvalue weighted by Crippen LogP contribution is 2.52. The summed E-state index contributed by atoms with van der Waals surface area (Å²) in [6, 6.07) is 0. The minimum atomic E-state index is 0.294. The Balaban J connectivity index is 2.26. The van der Waals surface area contributed by atoms with Crippen LogP contribution in [0.1, 0.15) is 20.3 Å². The first kappa shape index (κ1) is 6.84. The molecule has 0 aromatic carbocycles. The van der Waals surface area contributed by atoms with Crippen molar-refractivity contribution >= 4 is 5.78 Å². The zero-order valence-electron chi connectivity index (χ0n) is 6.92. The fraction of sp³-hybridized carbons (Fsp3) is 0.500. The van der Waals surface area contributed by atoms with E-state index in [1.807, 2.05) is 0 Å². The van der Waals surface area contributed by atoms with Crippen molar-refractivity contribution in [3.63, 3.8) is 0 Å². The van der Waals surface area contributed by atoms with Crippen molar-refractivity contribution in [1.29, 1.82) is 0 Å². The third-order valence-corrected chi connectivity index (χ3v) is 2.57. The molecule has 0 aliphatic heterocycles. The average Bonchev–Trinajstić information content (AvgIpc) is 2.60. The lowest BCUT2D eigenvalue weighted by Gasteiger charge is -1.95. The molecule has 1 saturated carbocycles. The number of hydrogen-bond acceptors (Lipinski definition) is 1. The average molecular weight is 148 g/mol. The topological polar surface area (TPSA) is 17.1 Å². The first-order valence-electron chi connectivity index (χ1n) is 4.08. The standard InChI is InChI=1S/C10H12O/c1-6(2)10-8-4-3-7(11)5-9(8)10/h3-4,8-9H,5H2,1-2H3. The van der Waals surface area contributed by atoms with Gasteiger partial charge >= 0.3 is 0 Å². The van der Waals surface area contributed by atoms with Crippen LogP contribution in [0.5, 0.6) is 0 Å². The molecule has 0 aromatic rings. The van der Waals surface area contributed by atoms with Gasteiger partial charge in [0.15, 0.2) is 5.78 Å². The fourth-order valence-electron chi connectivity index (χ4n) is 2.01. The van der Waals surface area contributed by atoms with Crippen molar-refractivity contribution in [2.45, 2.75) is 20.3 Å². The molecular formula is C10H12O. The number of hydrogen-bond donors (Lipinski definition) is 0. The Kier molecular flexibility index (Phi) is 1.28. The summed E-state index contributed by atoms with van der Waals surface area (Å²) in [5.41, 5.74) is 2.91. The van der Waals surface area contributed by atoms with Gasteiger partial charge in [-0.1, -0.05) is 17.2 Å². The molecule has 0 heterocycles. The summed E-state index contributed by atoms with van der Waals surface area (Å²) in [7, 11) is 0. The van der Waals surface area contributed by atoms with Crippen LogP contribution in [0, 0.1) is 11.8 Å². The Bertz CT molecular complexity index is 267. The van der Waals surface area contributed by atoms with Crippen LogP contribution in [-0.2, 0) is 4.79 Å². The molecule has 58 valence electrons. The molecule has 2 atom stereocenters. The fourth-order valence-corrected chi connectivity index (χ4v) is 2.01. The Hall–Kier alpha value is -0.850. The van der Waals surface area contributed by atoms with E-state index in [4.69, 9.17) is 0 Å². The van der Waals surface area contributed by atoms with Gasteiger partial charge in [-0.05, 0) is 25.8 Å². The van der Waals surface area contributed by atoms with Crippen LogP contribution in [0.3, 0.4) is 0 Å². The summed E-state index contributed by atoms with van der Waals surface area (Å²) < 4.78 is 0. The van der Waals surface area contributed by atoms with Crippen LogP contribution in [0.15, 0.2) is 23.3 Å². The number of rotatable bonds is 0. The Morgan fingerprint density at radius 2 is 2.27 bits per heavy atom. The lowest BCUT2D eigenvalue weighted by atomic mass is 10.1. The van der Waals surface area contributed by atoms with E-state index in [0.29, 0.717) is 17.6 Å². The molecule has 2 aliphatic carbocycles. The highest BCUT2D eigenvalue weighted by Gasteiger charge is 2.45. The monoisotopic (exact) mass is 148 g/mol. The number of allylic oxidation sites excluding steroid dienone is 4. The van der Waals surface area contributed by atoms with Crippen molar-refractivity contribution in [1.82, 2.24) is 0 Å². The molecule has 2 aliphatic rings. The number of fused-ring (bicyclic) bond motifs is 1. The van der Waals surface area contributed by atoms with Crippen LogP contribution in [0.25, 0.3) is 0 Å². The Labute approximate surface area is 66.8 Å². The second-order valence-electron chi connectivity index (χ2n) is 3.62. The maximum atomic E-state index is 11.0. The van der Waals surface area contributed by atoms with Gasteiger partial charge in [0.1, 0.15) is 0 Å². The van der Waals surface area contributed by atoms with Gasteiger partial charge in [-0.25, -0.2) is 0 Å². The predicted molar refractivity (Wildman–Crippen MR) is 44.1 cm³/mol. The van der Waals surface area contributed by atoms with Crippen molar-refractivity contribution in [3.05, 3.63) is 23.3 Å². The third-order valence-electron chi connectivity index (χ3n) is 2.57. The van der Waals surface area contributed by atoms with Gasteiger partial charge in [0, 0.05) is 12.3 Å². The molecule has 0 radical (unpaired) electrons.